The smallest absolute Gasteiger partial charge is 0.318 e. The van der Waals surface area contributed by atoms with Crippen molar-refractivity contribution in [3.8, 4) is 0 Å². The highest BCUT2D eigenvalue weighted by Gasteiger charge is 2.15. The summed E-state index contributed by atoms with van der Waals surface area (Å²) in [4.78, 5) is 28.5. The Morgan fingerprint density at radius 1 is 1.36 bits per heavy atom. The first kappa shape index (κ1) is 18.2. The Morgan fingerprint density at radius 2 is 2.00 bits per heavy atom. The Kier molecular flexibility index (Phi) is 7.63. The third kappa shape index (κ3) is 6.28. The molecule has 0 heterocycles. The predicted octanol–water partition coefficient (Wildman–Crippen LogP) is 4.05. The maximum absolute atomic E-state index is 12.1. The molecule has 0 aliphatic carbocycles. The lowest BCUT2D eigenvalue weighted by Gasteiger charge is -2.05. The van der Waals surface area contributed by atoms with Crippen LogP contribution in [0.25, 0.3) is 0 Å². The van der Waals surface area contributed by atoms with Gasteiger partial charge in [-0.1, -0.05) is 36.0 Å². The molecule has 1 rings (SSSR count). The average molecular weight is 338 g/mol. The third-order valence-electron chi connectivity index (χ3n) is 2.51. The van der Waals surface area contributed by atoms with Gasteiger partial charge in [0.1, 0.15) is 5.71 Å². The molecule has 1 aromatic carbocycles. The zero-order valence-electron chi connectivity index (χ0n) is 12.2. The van der Waals surface area contributed by atoms with E-state index in [1.165, 1.54) is 13.0 Å². The molecular formula is C16H16ClNO3S. The van der Waals surface area contributed by atoms with Crippen LogP contribution in [0, 0.1) is 0 Å². The minimum Gasteiger partial charge on any atom is -0.318 e. The van der Waals surface area contributed by atoms with Crippen LogP contribution in [0.15, 0.2) is 59.1 Å². The number of hydrogen-bond donors (Lipinski definition) is 0. The highest BCUT2D eigenvalue weighted by Crippen LogP contribution is 2.21. The Hall–Kier alpha value is -1.85. The second-order valence-corrected chi connectivity index (χ2v) is 5.84. The van der Waals surface area contributed by atoms with E-state index in [9.17, 15) is 9.59 Å². The number of ketones is 1. The molecule has 0 aromatic heterocycles. The van der Waals surface area contributed by atoms with Crippen LogP contribution in [0.4, 0.5) is 0 Å². The van der Waals surface area contributed by atoms with E-state index in [1.54, 1.807) is 23.9 Å². The molecule has 116 valence electrons. The molecule has 0 unspecified atom stereocenters. The Bertz CT molecular complexity index is 608. The zero-order chi connectivity index (χ0) is 16.5. The fourth-order valence-corrected chi connectivity index (χ4v) is 2.38. The van der Waals surface area contributed by atoms with Gasteiger partial charge in [-0.15, -0.1) is 11.8 Å². The molecule has 0 saturated heterocycles. The largest absolute Gasteiger partial charge is 0.331 e. The number of Topliss-reactive ketones (excluding diaryl/α,β-unsaturated/α-hetero) is 1. The number of halogens is 1. The van der Waals surface area contributed by atoms with Gasteiger partial charge in [0.25, 0.3) is 0 Å². The van der Waals surface area contributed by atoms with E-state index < -0.39 is 5.97 Å². The molecule has 0 aliphatic rings. The van der Waals surface area contributed by atoms with E-state index in [0.717, 1.165) is 4.90 Å². The summed E-state index contributed by atoms with van der Waals surface area (Å²) in [7, 11) is 0. The molecule has 0 N–H and O–H groups in total. The summed E-state index contributed by atoms with van der Waals surface area (Å²) in [5, 5.41) is 4.28. The maximum Gasteiger partial charge on any atom is 0.331 e. The molecular weight excluding hydrogens is 322 g/mol. The van der Waals surface area contributed by atoms with E-state index in [2.05, 4.69) is 23.2 Å². The molecule has 6 heteroatoms. The first-order chi connectivity index (χ1) is 10.4. The summed E-state index contributed by atoms with van der Waals surface area (Å²) in [5.74, 6) is -0.370. The number of carbonyl (C=O) groups is 2. The van der Waals surface area contributed by atoms with Gasteiger partial charge in [0, 0.05) is 34.6 Å². The van der Waals surface area contributed by atoms with Crippen molar-refractivity contribution in [2.24, 2.45) is 5.16 Å². The van der Waals surface area contributed by atoms with E-state index in [1.807, 2.05) is 12.1 Å². The van der Waals surface area contributed by atoms with Gasteiger partial charge in [0.15, 0.2) is 0 Å². The molecule has 0 aliphatic heterocycles. The predicted molar refractivity (Wildman–Crippen MR) is 90.3 cm³/mol. The number of carbonyl (C=O) groups excluding carboxylic acids is 2. The van der Waals surface area contributed by atoms with E-state index >= 15 is 0 Å². The summed E-state index contributed by atoms with van der Waals surface area (Å²) < 4.78 is 0. The van der Waals surface area contributed by atoms with Crippen LogP contribution >= 0.6 is 23.4 Å². The summed E-state index contributed by atoms with van der Waals surface area (Å²) in [5.41, 5.74) is 0.351. The maximum atomic E-state index is 12.1. The van der Waals surface area contributed by atoms with Crippen molar-refractivity contribution < 1.29 is 14.4 Å². The zero-order valence-corrected chi connectivity index (χ0v) is 13.7. The normalized spacial score (nSPS) is 10.9. The van der Waals surface area contributed by atoms with Crippen LogP contribution in [0.5, 0.6) is 0 Å². The first-order valence-corrected chi connectivity index (χ1v) is 7.79. The Labute approximate surface area is 138 Å². The van der Waals surface area contributed by atoms with Crippen LogP contribution < -0.4 is 0 Å². The molecule has 0 saturated carbocycles. The van der Waals surface area contributed by atoms with Gasteiger partial charge in [-0.05, 0) is 24.3 Å². The summed E-state index contributed by atoms with van der Waals surface area (Å²) in [6, 6.07) is 7.37. The average Bonchev–Trinajstić information content (AvgIpc) is 2.50. The number of allylic oxidation sites excluding steroid dienone is 2. The number of hydrogen-bond acceptors (Lipinski definition) is 5. The lowest BCUT2D eigenvalue weighted by molar-refractivity contribution is -0.140. The van der Waals surface area contributed by atoms with Gasteiger partial charge in [-0.2, -0.15) is 0 Å². The van der Waals surface area contributed by atoms with E-state index in [0.29, 0.717) is 17.2 Å². The van der Waals surface area contributed by atoms with Gasteiger partial charge in [0.05, 0.1) is 0 Å². The summed E-state index contributed by atoms with van der Waals surface area (Å²) >= 11 is 7.36. The number of oxime groups is 1. The minimum absolute atomic E-state index is 0.140. The van der Waals surface area contributed by atoms with Crippen LogP contribution in [0.3, 0.4) is 0 Å². The lowest BCUT2D eigenvalue weighted by Crippen LogP contribution is -2.17. The number of rotatable bonds is 8. The van der Waals surface area contributed by atoms with Crippen LogP contribution in [0.1, 0.15) is 13.3 Å². The molecule has 1 aromatic rings. The van der Waals surface area contributed by atoms with Crippen molar-refractivity contribution >= 4 is 40.8 Å². The molecule has 4 nitrogen and oxygen atoms in total. The molecule has 0 spiro atoms. The monoisotopic (exact) mass is 337 g/mol. The molecule has 0 fully saturated rings. The van der Waals surface area contributed by atoms with Crippen LogP contribution in [0.2, 0.25) is 5.02 Å². The van der Waals surface area contributed by atoms with Crippen molar-refractivity contribution in [3.05, 3.63) is 54.1 Å². The van der Waals surface area contributed by atoms with Gasteiger partial charge in [-0.25, -0.2) is 4.79 Å². The summed E-state index contributed by atoms with van der Waals surface area (Å²) in [6.45, 7) is 8.30. The SMILES string of the molecule is C=CC(=C)C(=O)C(CCSc1ccc(Cl)cc1)=NOC(C)=O. The lowest BCUT2D eigenvalue weighted by atomic mass is 10.1. The van der Waals surface area contributed by atoms with Crippen molar-refractivity contribution in [1.29, 1.82) is 0 Å². The highest BCUT2D eigenvalue weighted by atomic mass is 35.5. The Morgan fingerprint density at radius 3 is 2.55 bits per heavy atom. The van der Waals surface area contributed by atoms with E-state index in [-0.39, 0.29) is 17.1 Å². The molecule has 0 bridgehead atoms. The minimum atomic E-state index is -0.583. The third-order valence-corrected chi connectivity index (χ3v) is 3.77. The highest BCUT2D eigenvalue weighted by molar-refractivity contribution is 7.99. The number of thioether (sulfide) groups is 1. The Balaban J connectivity index is 2.68. The quantitative estimate of drug-likeness (QED) is 0.179. The summed E-state index contributed by atoms with van der Waals surface area (Å²) in [6.07, 6.45) is 1.68. The van der Waals surface area contributed by atoms with Gasteiger partial charge in [0.2, 0.25) is 5.78 Å². The standard InChI is InChI=1S/C16H16ClNO3S/c1-4-11(2)16(20)15(18-21-12(3)19)9-10-22-14-7-5-13(17)6-8-14/h4-8H,1-2,9-10H2,3H3. The molecule has 0 amide bonds. The molecule has 0 atom stereocenters. The fraction of sp³-hybridized carbons (Fsp3) is 0.188. The van der Waals surface area contributed by atoms with Gasteiger partial charge >= 0.3 is 5.97 Å². The van der Waals surface area contributed by atoms with Crippen molar-refractivity contribution in [3.63, 3.8) is 0 Å². The molecule has 22 heavy (non-hydrogen) atoms. The van der Waals surface area contributed by atoms with Crippen molar-refractivity contribution in [1.82, 2.24) is 0 Å². The fourth-order valence-electron chi connectivity index (χ4n) is 1.39. The van der Waals surface area contributed by atoms with E-state index in [4.69, 9.17) is 11.6 Å². The second kappa shape index (κ2) is 9.23. The number of nitrogens with zero attached hydrogens (tertiary/aromatic N) is 1. The first-order valence-electron chi connectivity index (χ1n) is 6.43. The van der Waals surface area contributed by atoms with Crippen molar-refractivity contribution in [2.45, 2.75) is 18.2 Å². The van der Waals surface area contributed by atoms with Crippen LogP contribution in [-0.4, -0.2) is 23.2 Å². The van der Waals surface area contributed by atoms with Gasteiger partial charge in [-0.3, -0.25) is 4.79 Å². The molecule has 0 radical (unpaired) electrons. The number of benzene rings is 1. The van der Waals surface area contributed by atoms with Gasteiger partial charge < -0.3 is 4.84 Å². The van der Waals surface area contributed by atoms with Crippen LogP contribution in [-0.2, 0) is 14.4 Å². The van der Waals surface area contributed by atoms with Crippen molar-refractivity contribution in [2.75, 3.05) is 5.75 Å². The topological polar surface area (TPSA) is 55.7 Å². The second-order valence-electron chi connectivity index (χ2n) is 4.23.